The normalized spacial score (nSPS) is 18.0. The second-order valence-corrected chi connectivity index (χ2v) is 2.54. The molecular formula is C6H16N2. The van der Waals surface area contributed by atoms with E-state index in [2.05, 4.69) is 12.2 Å². The van der Waals surface area contributed by atoms with Crippen LogP contribution in [0.4, 0.5) is 0 Å². The van der Waals surface area contributed by atoms with Gasteiger partial charge in [0.1, 0.15) is 0 Å². The Labute approximate surface area is 51.5 Å². The van der Waals surface area contributed by atoms with Crippen molar-refractivity contribution < 1.29 is 0 Å². The molecule has 8 heavy (non-hydrogen) atoms. The van der Waals surface area contributed by atoms with Gasteiger partial charge < -0.3 is 11.1 Å². The second kappa shape index (κ2) is 3.05. The molecular weight excluding hydrogens is 100 g/mol. The maximum absolute atomic E-state index is 5.76. The topological polar surface area (TPSA) is 38.0 Å². The molecule has 0 spiro atoms. The van der Waals surface area contributed by atoms with Crippen LogP contribution in [-0.2, 0) is 0 Å². The molecule has 50 valence electrons. The fourth-order valence-electron chi connectivity index (χ4n) is 0.529. The highest BCUT2D eigenvalue weighted by Gasteiger charge is 2.12. The molecule has 0 saturated heterocycles. The average molecular weight is 116 g/mol. The van der Waals surface area contributed by atoms with Crippen molar-refractivity contribution in [2.45, 2.75) is 25.8 Å². The van der Waals surface area contributed by atoms with Gasteiger partial charge in [0.15, 0.2) is 0 Å². The van der Waals surface area contributed by atoms with Crippen LogP contribution in [0.15, 0.2) is 0 Å². The Balaban J connectivity index is 3.37. The van der Waals surface area contributed by atoms with E-state index in [1.54, 1.807) is 0 Å². The zero-order valence-corrected chi connectivity index (χ0v) is 5.99. The van der Waals surface area contributed by atoms with Crippen LogP contribution in [-0.4, -0.2) is 19.1 Å². The van der Waals surface area contributed by atoms with E-state index in [0.29, 0.717) is 0 Å². The van der Waals surface area contributed by atoms with Gasteiger partial charge in [-0.1, -0.05) is 6.92 Å². The van der Waals surface area contributed by atoms with E-state index in [1.165, 1.54) is 0 Å². The molecule has 0 heterocycles. The summed E-state index contributed by atoms with van der Waals surface area (Å²) in [5.41, 5.74) is 5.74. The molecule has 0 fully saturated rings. The predicted molar refractivity (Wildman–Crippen MR) is 36.8 cm³/mol. The quantitative estimate of drug-likeness (QED) is 0.558. The van der Waals surface area contributed by atoms with Crippen LogP contribution in [0.2, 0.25) is 0 Å². The summed E-state index contributed by atoms with van der Waals surface area (Å²) in [5.74, 6) is 0. The van der Waals surface area contributed by atoms with Gasteiger partial charge in [0.25, 0.3) is 0 Å². The van der Waals surface area contributed by atoms with Crippen molar-refractivity contribution >= 4 is 0 Å². The van der Waals surface area contributed by atoms with Crippen LogP contribution in [0.25, 0.3) is 0 Å². The number of hydrogen-bond donors (Lipinski definition) is 2. The van der Waals surface area contributed by atoms with Crippen LogP contribution < -0.4 is 11.1 Å². The molecule has 2 heteroatoms. The molecule has 0 bridgehead atoms. The van der Waals surface area contributed by atoms with Crippen LogP contribution in [0, 0.1) is 0 Å². The fraction of sp³-hybridized carbons (Fsp3) is 1.00. The molecule has 2 nitrogen and oxygen atoms in total. The van der Waals surface area contributed by atoms with Crippen molar-refractivity contribution in [2.75, 3.05) is 13.6 Å². The standard InChI is InChI=1S/C6H16N2/c1-4-6(2,7)5-8-3/h8H,4-5,7H2,1-3H3. The Morgan fingerprint density at radius 2 is 2.12 bits per heavy atom. The Morgan fingerprint density at radius 3 is 2.25 bits per heavy atom. The highest BCUT2D eigenvalue weighted by Crippen LogP contribution is 2.00. The molecule has 1 unspecified atom stereocenters. The van der Waals surface area contributed by atoms with Gasteiger partial charge in [-0.05, 0) is 20.4 Å². The van der Waals surface area contributed by atoms with Gasteiger partial charge in [0.2, 0.25) is 0 Å². The summed E-state index contributed by atoms with van der Waals surface area (Å²) in [4.78, 5) is 0. The van der Waals surface area contributed by atoms with E-state index >= 15 is 0 Å². The summed E-state index contributed by atoms with van der Waals surface area (Å²) >= 11 is 0. The van der Waals surface area contributed by atoms with Gasteiger partial charge >= 0.3 is 0 Å². The van der Waals surface area contributed by atoms with E-state index < -0.39 is 0 Å². The molecule has 0 amide bonds. The van der Waals surface area contributed by atoms with Crippen LogP contribution in [0.5, 0.6) is 0 Å². The molecule has 3 N–H and O–H groups in total. The third kappa shape index (κ3) is 2.99. The minimum absolute atomic E-state index is 0.0191. The van der Waals surface area contributed by atoms with Gasteiger partial charge in [-0.25, -0.2) is 0 Å². The lowest BCUT2D eigenvalue weighted by molar-refractivity contribution is 0.433. The van der Waals surface area contributed by atoms with E-state index in [-0.39, 0.29) is 5.54 Å². The van der Waals surface area contributed by atoms with Crippen molar-refractivity contribution in [1.29, 1.82) is 0 Å². The summed E-state index contributed by atoms with van der Waals surface area (Å²) in [6, 6.07) is 0. The maximum Gasteiger partial charge on any atom is 0.0249 e. The molecule has 0 radical (unpaired) electrons. The van der Waals surface area contributed by atoms with Crippen molar-refractivity contribution in [3.8, 4) is 0 Å². The summed E-state index contributed by atoms with van der Waals surface area (Å²) in [5, 5.41) is 3.03. The molecule has 0 aromatic heterocycles. The third-order valence-corrected chi connectivity index (χ3v) is 1.39. The monoisotopic (exact) mass is 116 g/mol. The lowest BCUT2D eigenvalue weighted by atomic mass is 10.0. The Hall–Kier alpha value is -0.0800. The average Bonchev–Trinajstić information content (AvgIpc) is 1.67. The molecule has 0 saturated carbocycles. The summed E-state index contributed by atoms with van der Waals surface area (Å²) in [7, 11) is 1.92. The molecule has 0 aromatic rings. The molecule has 0 aliphatic carbocycles. The van der Waals surface area contributed by atoms with Gasteiger partial charge in [-0.15, -0.1) is 0 Å². The Kier molecular flexibility index (Phi) is 3.02. The zero-order chi connectivity index (χ0) is 6.62. The lowest BCUT2D eigenvalue weighted by Gasteiger charge is -2.21. The number of rotatable bonds is 3. The minimum Gasteiger partial charge on any atom is -0.324 e. The molecule has 1 atom stereocenters. The number of nitrogens with one attached hydrogen (secondary N) is 1. The molecule has 0 aromatic carbocycles. The maximum atomic E-state index is 5.76. The van der Waals surface area contributed by atoms with Crippen molar-refractivity contribution in [2.24, 2.45) is 5.73 Å². The first-order valence-electron chi connectivity index (χ1n) is 3.06. The van der Waals surface area contributed by atoms with Crippen LogP contribution in [0.1, 0.15) is 20.3 Å². The molecule has 0 rings (SSSR count). The largest absolute Gasteiger partial charge is 0.324 e. The number of nitrogens with two attached hydrogens (primary N) is 1. The van der Waals surface area contributed by atoms with Crippen LogP contribution in [0.3, 0.4) is 0 Å². The van der Waals surface area contributed by atoms with Crippen molar-refractivity contribution in [1.82, 2.24) is 5.32 Å². The first-order valence-corrected chi connectivity index (χ1v) is 3.06. The van der Waals surface area contributed by atoms with Gasteiger partial charge in [0.05, 0.1) is 0 Å². The highest BCUT2D eigenvalue weighted by molar-refractivity contribution is 4.77. The van der Waals surface area contributed by atoms with E-state index in [1.807, 2.05) is 14.0 Å². The second-order valence-electron chi connectivity index (χ2n) is 2.54. The van der Waals surface area contributed by atoms with Crippen LogP contribution >= 0.6 is 0 Å². The van der Waals surface area contributed by atoms with Gasteiger partial charge in [-0.3, -0.25) is 0 Å². The van der Waals surface area contributed by atoms with E-state index in [9.17, 15) is 0 Å². The zero-order valence-electron chi connectivity index (χ0n) is 5.99. The smallest absolute Gasteiger partial charge is 0.0249 e. The van der Waals surface area contributed by atoms with E-state index in [4.69, 9.17) is 5.73 Å². The van der Waals surface area contributed by atoms with Crippen molar-refractivity contribution in [3.05, 3.63) is 0 Å². The third-order valence-electron chi connectivity index (χ3n) is 1.39. The van der Waals surface area contributed by atoms with Crippen molar-refractivity contribution in [3.63, 3.8) is 0 Å². The predicted octanol–water partition coefficient (Wildman–Crippen LogP) is 0.333. The summed E-state index contributed by atoms with van der Waals surface area (Å²) in [6.07, 6.45) is 1.02. The number of likely N-dealkylation sites (N-methyl/N-ethyl adjacent to an activating group) is 1. The summed E-state index contributed by atoms with van der Waals surface area (Å²) in [6.45, 7) is 5.03. The highest BCUT2D eigenvalue weighted by atomic mass is 14.9. The van der Waals surface area contributed by atoms with E-state index in [0.717, 1.165) is 13.0 Å². The molecule has 0 aliphatic rings. The Morgan fingerprint density at radius 1 is 1.62 bits per heavy atom. The van der Waals surface area contributed by atoms with Gasteiger partial charge in [-0.2, -0.15) is 0 Å². The summed E-state index contributed by atoms with van der Waals surface area (Å²) < 4.78 is 0. The fourth-order valence-corrected chi connectivity index (χ4v) is 0.529. The number of hydrogen-bond acceptors (Lipinski definition) is 2. The first kappa shape index (κ1) is 7.92. The van der Waals surface area contributed by atoms with Gasteiger partial charge in [0, 0.05) is 12.1 Å². The minimum atomic E-state index is -0.0191. The lowest BCUT2D eigenvalue weighted by Crippen LogP contribution is -2.44. The molecule has 0 aliphatic heterocycles. The SMILES string of the molecule is CCC(C)(N)CNC. The Bertz CT molecular complexity index is 59.5. The first-order chi connectivity index (χ1) is 3.62.